The highest BCUT2D eigenvalue weighted by Gasteiger charge is 1.94. The van der Waals surface area contributed by atoms with E-state index < -0.39 is 0 Å². The Morgan fingerprint density at radius 1 is 1.75 bits per heavy atom. The van der Waals surface area contributed by atoms with E-state index in [-0.39, 0.29) is 11.7 Å². The maximum absolute atomic E-state index is 10.4. The van der Waals surface area contributed by atoms with Gasteiger partial charge in [0.2, 0.25) is 5.12 Å². The average molecular weight is 133 g/mol. The molecule has 0 atom stereocenters. The average Bonchev–Trinajstić information content (AvgIpc) is 1.83. The summed E-state index contributed by atoms with van der Waals surface area (Å²) in [5, 5.41) is 0.0897. The van der Waals surface area contributed by atoms with Gasteiger partial charge in [-0.25, -0.2) is 0 Å². The van der Waals surface area contributed by atoms with Crippen LogP contribution in [0, 0.1) is 0 Å². The Kier molecular flexibility index (Phi) is 5.11. The Balaban J connectivity index is 2.99. The molecule has 3 heteroatoms. The summed E-state index contributed by atoms with van der Waals surface area (Å²) in [5.41, 5.74) is 5.04. The molecule has 0 amide bonds. The van der Waals surface area contributed by atoms with Crippen molar-refractivity contribution in [3.8, 4) is 0 Å². The molecule has 0 radical (unpaired) electrons. The van der Waals surface area contributed by atoms with Crippen molar-refractivity contribution in [2.24, 2.45) is 5.73 Å². The van der Waals surface area contributed by atoms with E-state index in [0.717, 1.165) is 12.2 Å². The van der Waals surface area contributed by atoms with Crippen molar-refractivity contribution < 1.29 is 4.79 Å². The van der Waals surface area contributed by atoms with Gasteiger partial charge in [0.25, 0.3) is 0 Å². The van der Waals surface area contributed by atoms with Gasteiger partial charge in [-0.15, -0.1) is 0 Å². The molecule has 2 nitrogen and oxygen atoms in total. The van der Waals surface area contributed by atoms with E-state index in [1.807, 2.05) is 6.92 Å². The number of carbonyl (C=O) groups is 1. The third-order valence-corrected chi connectivity index (χ3v) is 1.73. The van der Waals surface area contributed by atoms with E-state index in [4.69, 9.17) is 5.73 Å². The van der Waals surface area contributed by atoms with Crippen LogP contribution in [0.25, 0.3) is 0 Å². The zero-order chi connectivity index (χ0) is 6.41. The predicted octanol–water partition coefficient (Wildman–Crippen LogP) is 0.615. The number of rotatable bonds is 3. The Bertz CT molecular complexity index is 74.8. The molecule has 0 saturated carbocycles. The van der Waals surface area contributed by atoms with Crippen molar-refractivity contribution in [1.29, 1.82) is 0 Å². The van der Waals surface area contributed by atoms with Crippen LogP contribution in [0.3, 0.4) is 0 Å². The molecule has 0 saturated heterocycles. The minimum absolute atomic E-state index is 0.0897. The first kappa shape index (κ1) is 7.98. The predicted molar refractivity (Wildman–Crippen MR) is 36.8 cm³/mol. The summed E-state index contributed by atoms with van der Waals surface area (Å²) in [6, 6.07) is 0. The zero-order valence-electron chi connectivity index (χ0n) is 5.02. The first-order valence-electron chi connectivity index (χ1n) is 2.67. The minimum Gasteiger partial charge on any atom is -0.323 e. The standard InChI is InChI=1S/C5H11NOS/c1-2-3-8-5(7)4-6/h2-4,6H2,1H3. The minimum atomic E-state index is 0.0897. The van der Waals surface area contributed by atoms with E-state index in [1.165, 1.54) is 11.8 Å². The summed E-state index contributed by atoms with van der Waals surface area (Å²) in [6.45, 7) is 2.21. The number of hydrogen-bond acceptors (Lipinski definition) is 3. The van der Waals surface area contributed by atoms with Gasteiger partial charge in [-0.2, -0.15) is 0 Å². The second-order valence-electron chi connectivity index (χ2n) is 1.42. The van der Waals surface area contributed by atoms with E-state index in [2.05, 4.69) is 0 Å². The van der Waals surface area contributed by atoms with E-state index in [1.54, 1.807) is 0 Å². The SMILES string of the molecule is CCCSC(=O)CN. The molecule has 0 unspecified atom stereocenters. The number of thioether (sulfide) groups is 1. The molecule has 0 bridgehead atoms. The number of nitrogens with two attached hydrogens (primary N) is 1. The van der Waals surface area contributed by atoms with Crippen LogP contribution in [0.5, 0.6) is 0 Å². The quantitative estimate of drug-likeness (QED) is 0.613. The molecule has 0 aliphatic heterocycles. The van der Waals surface area contributed by atoms with Gasteiger partial charge >= 0.3 is 0 Å². The van der Waals surface area contributed by atoms with Crippen LogP contribution in [-0.4, -0.2) is 17.4 Å². The fourth-order valence-corrected chi connectivity index (χ4v) is 0.824. The molecule has 0 fully saturated rings. The lowest BCUT2D eigenvalue weighted by Gasteiger charge is -1.91. The lowest BCUT2D eigenvalue weighted by Crippen LogP contribution is -2.09. The van der Waals surface area contributed by atoms with Crippen LogP contribution in [0.2, 0.25) is 0 Å². The van der Waals surface area contributed by atoms with Gasteiger partial charge in [0.05, 0.1) is 6.54 Å². The van der Waals surface area contributed by atoms with Crippen molar-refractivity contribution in [3.05, 3.63) is 0 Å². The van der Waals surface area contributed by atoms with Gasteiger partial charge < -0.3 is 5.73 Å². The van der Waals surface area contributed by atoms with Gasteiger partial charge in [-0.3, -0.25) is 4.79 Å². The Morgan fingerprint density at radius 3 is 2.75 bits per heavy atom. The fourth-order valence-electron chi connectivity index (χ4n) is 0.275. The summed E-state index contributed by atoms with van der Waals surface area (Å²) in [6.07, 6.45) is 1.04. The van der Waals surface area contributed by atoms with Crippen LogP contribution in [0.1, 0.15) is 13.3 Å². The summed E-state index contributed by atoms with van der Waals surface area (Å²) in [4.78, 5) is 10.4. The van der Waals surface area contributed by atoms with Crippen molar-refractivity contribution in [1.82, 2.24) is 0 Å². The fraction of sp³-hybridized carbons (Fsp3) is 0.800. The summed E-state index contributed by atoms with van der Waals surface area (Å²) in [5.74, 6) is 0.899. The highest BCUT2D eigenvalue weighted by atomic mass is 32.2. The van der Waals surface area contributed by atoms with Gasteiger partial charge in [0.1, 0.15) is 0 Å². The van der Waals surface area contributed by atoms with Crippen LogP contribution in [0.15, 0.2) is 0 Å². The zero-order valence-corrected chi connectivity index (χ0v) is 5.83. The summed E-state index contributed by atoms with van der Waals surface area (Å²) in [7, 11) is 0. The molecule has 0 aromatic heterocycles. The smallest absolute Gasteiger partial charge is 0.202 e. The third kappa shape index (κ3) is 4.15. The number of carbonyl (C=O) groups excluding carboxylic acids is 1. The van der Waals surface area contributed by atoms with Crippen LogP contribution < -0.4 is 5.73 Å². The Morgan fingerprint density at radius 2 is 2.38 bits per heavy atom. The van der Waals surface area contributed by atoms with Gasteiger partial charge in [0.15, 0.2) is 0 Å². The summed E-state index contributed by atoms with van der Waals surface area (Å²) < 4.78 is 0. The molecule has 0 aliphatic carbocycles. The molecule has 2 N–H and O–H groups in total. The molecule has 0 heterocycles. The Hall–Kier alpha value is -0.0200. The third-order valence-electron chi connectivity index (χ3n) is 0.634. The van der Waals surface area contributed by atoms with E-state index in [0.29, 0.717) is 0 Å². The lowest BCUT2D eigenvalue weighted by molar-refractivity contribution is -0.109. The van der Waals surface area contributed by atoms with Gasteiger partial charge in [-0.05, 0) is 6.42 Å². The molecule has 0 aromatic carbocycles. The van der Waals surface area contributed by atoms with Crippen molar-refractivity contribution >= 4 is 16.9 Å². The van der Waals surface area contributed by atoms with E-state index >= 15 is 0 Å². The first-order chi connectivity index (χ1) is 3.81. The summed E-state index contributed by atoms with van der Waals surface area (Å²) >= 11 is 1.31. The molecular weight excluding hydrogens is 122 g/mol. The molecule has 0 spiro atoms. The first-order valence-corrected chi connectivity index (χ1v) is 3.65. The highest BCUT2D eigenvalue weighted by molar-refractivity contribution is 8.13. The normalized spacial score (nSPS) is 9.25. The van der Waals surface area contributed by atoms with Gasteiger partial charge in [-0.1, -0.05) is 18.7 Å². The topological polar surface area (TPSA) is 43.1 Å². The highest BCUT2D eigenvalue weighted by Crippen LogP contribution is 2.00. The van der Waals surface area contributed by atoms with Crippen molar-refractivity contribution in [2.45, 2.75) is 13.3 Å². The largest absolute Gasteiger partial charge is 0.323 e. The van der Waals surface area contributed by atoms with Gasteiger partial charge in [0, 0.05) is 5.75 Å². The molecule has 0 aromatic rings. The molecule has 48 valence electrons. The number of hydrogen-bond donors (Lipinski definition) is 1. The lowest BCUT2D eigenvalue weighted by atomic mass is 10.6. The van der Waals surface area contributed by atoms with Crippen molar-refractivity contribution in [2.75, 3.05) is 12.3 Å². The molecule has 0 rings (SSSR count). The molecular formula is C5H11NOS. The maximum atomic E-state index is 10.4. The van der Waals surface area contributed by atoms with Crippen LogP contribution in [0.4, 0.5) is 0 Å². The second kappa shape index (κ2) is 5.12. The monoisotopic (exact) mass is 133 g/mol. The molecule has 8 heavy (non-hydrogen) atoms. The maximum Gasteiger partial charge on any atom is 0.202 e. The van der Waals surface area contributed by atoms with Crippen molar-refractivity contribution in [3.63, 3.8) is 0 Å². The van der Waals surface area contributed by atoms with Crippen LogP contribution in [-0.2, 0) is 4.79 Å². The Labute approximate surface area is 53.8 Å². The van der Waals surface area contributed by atoms with Crippen LogP contribution >= 0.6 is 11.8 Å². The van der Waals surface area contributed by atoms with E-state index in [9.17, 15) is 4.79 Å². The molecule has 0 aliphatic rings. The second-order valence-corrected chi connectivity index (χ2v) is 2.58.